The highest BCUT2D eigenvalue weighted by Crippen LogP contribution is 2.12. The van der Waals surface area contributed by atoms with Gasteiger partial charge in [0.25, 0.3) is 5.91 Å². The van der Waals surface area contributed by atoms with Crippen LogP contribution >= 0.6 is 0 Å². The Morgan fingerprint density at radius 2 is 1.74 bits per heavy atom. The molecule has 0 unspecified atom stereocenters. The lowest BCUT2D eigenvalue weighted by Gasteiger charge is -2.11. The van der Waals surface area contributed by atoms with Gasteiger partial charge in [-0.3, -0.25) is 9.36 Å². The van der Waals surface area contributed by atoms with Crippen molar-refractivity contribution < 1.29 is 4.79 Å². The number of benzene rings is 1. The van der Waals surface area contributed by atoms with E-state index in [0.717, 1.165) is 22.8 Å². The zero-order chi connectivity index (χ0) is 19.4. The van der Waals surface area contributed by atoms with Crippen LogP contribution in [0.4, 0.5) is 5.82 Å². The molecular formula is C20H24N6O. The molecule has 0 saturated carbocycles. The fraction of sp³-hybridized carbons (Fsp3) is 0.300. The van der Waals surface area contributed by atoms with Crippen LogP contribution in [0.3, 0.4) is 0 Å². The number of carbonyl (C=O) groups excluding carboxylic acids is 1. The lowest BCUT2D eigenvalue weighted by Crippen LogP contribution is -2.29. The summed E-state index contributed by atoms with van der Waals surface area (Å²) in [6, 6.07) is 7.70. The van der Waals surface area contributed by atoms with Gasteiger partial charge < -0.3 is 10.6 Å². The van der Waals surface area contributed by atoms with Crippen LogP contribution in [0, 0.1) is 27.7 Å². The molecule has 0 aliphatic heterocycles. The highest BCUT2D eigenvalue weighted by Gasteiger charge is 2.08. The zero-order valence-electron chi connectivity index (χ0n) is 16.1. The number of amides is 1. The molecule has 2 heterocycles. The second-order valence-electron chi connectivity index (χ2n) is 6.56. The Balaban J connectivity index is 1.58. The molecule has 0 aliphatic rings. The fourth-order valence-corrected chi connectivity index (χ4v) is 2.96. The number of hydrogen-bond acceptors (Lipinski definition) is 5. The molecule has 27 heavy (non-hydrogen) atoms. The molecule has 7 heteroatoms. The smallest absolute Gasteiger partial charge is 0.251 e. The molecule has 140 valence electrons. The van der Waals surface area contributed by atoms with E-state index in [2.05, 4.69) is 31.7 Å². The van der Waals surface area contributed by atoms with Crippen LogP contribution in [0.2, 0.25) is 0 Å². The van der Waals surface area contributed by atoms with Gasteiger partial charge in [-0.2, -0.15) is 0 Å². The summed E-state index contributed by atoms with van der Waals surface area (Å²) in [7, 11) is 0. The third-order valence-electron chi connectivity index (χ3n) is 4.10. The van der Waals surface area contributed by atoms with Gasteiger partial charge in [0.2, 0.25) is 0 Å². The van der Waals surface area contributed by atoms with E-state index >= 15 is 0 Å². The molecular weight excluding hydrogens is 340 g/mol. The van der Waals surface area contributed by atoms with Crippen molar-refractivity contribution in [1.29, 1.82) is 0 Å². The van der Waals surface area contributed by atoms with Crippen molar-refractivity contribution in [3.8, 4) is 5.82 Å². The maximum absolute atomic E-state index is 12.3. The Kier molecular flexibility index (Phi) is 5.49. The van der Waals surface area contributed by atoms with Crippen molar-refractivity contribution in [3.05, 3.63) is 65.0 Å². The maximum atomic E-state index is 12.3. The molecule has 0 atom stereocenters. The molecule has 3 aromatic rings. The molecule has 0 spiro atoms. The van der Waals surface area contributed by atoms with Gasteiger partial charge in [0.05, 0.1) is 0 Å². The SMILES string of the molecule is Cc1cc(C)cc(C(=O)NCCNc2cc(-n3ccnc3C)nc(C)n2)c1. The maximum Gasteiger partial charge on any atom is 0.251 e. The molecule has 2 N–H and O–H groups in total. The number of anilines is 1. The minimum Gasteiger partial charge on any atom is -0.368 e. The number of aromatic nitrogens is 4. The topological polar surface area (TPSA) is 84.7 Å². The van der Waals surface area contributed by atoms with Crippen LogP contribution in [-0.4, -0.2) is 38.5 Å². The number of rotatable bonds is 6. The molecule has 1 amide bonds. The van der Waals surface area contributed by atoms with E-state index in [-0.39, 0.29) is 5.91 Å². The molecule has 0 saturated heterocycles. The third kappa shape index (κ3) is 4.69. The van der Waals surface area contributed by atoms with Crippen molar-refractivity contribution in [3.63, 3.8) is 0 Å². The average molecular weight is 364 g/mol. The molecule has 0 bridgehead atoms. The molecule has 2 aromatic heterocycles. The second-order valence-corrected chi connectivity index (χ2v) is 6.56. The van der Waals surface area contributed by atoms with Crippen LogP contribution in [0.25, 0.3) is 5.82 Å². The summed E-state index contributed by atoms with van der Waals surface area (Å²) in [6.45, 7) is 8.81. The number of nitrogens with one attached hydrogen (secondary N) is 2. The molecule has 0 fully saturated rings. The number of hydrogen-bond donors (Lipinski definition) is 2. The summed E-state index contributed by atoms with van der Waals surface area (Å²) in [6.07, 6.45) is 3.60. The number of carbonyl (C=O) groups is 1. The standard InChI is InChI=1S/C20H24N6O/c1-13-9-14(2)11-17(10-13)20(27)23-6-5-22-18-12-19(25-15(3)24-18)26-8-7-21-16(26)4/h7-12H,5-6H2,1-4H3,(H,23,27)(H,22,24,25). The van der Waals surface area contributed by atoms with Crippen LogP contribution in [0.1, 0.15) is 33.1 Å². The predicted molar refractivity (Wildman–Crippen MR) is 105 cm³/mol. The summed E-state index contributed by atoms with van der Waals surface area (Å²) in [5.74, 6) is 2.94. The van der Waals surface area contributed by atoms with Crippen molar-refractivity contribution in [1.82, 2.24) is 24.8 Å². The Labute approximate surface area is 158 Å². The van der Waals surface area contributed by atoms with Crippen LogP contribution in [0.5, 0.6) is 0 Å². The van der Waals surface area contributed by atoms with Crippen molar-refractivity contribution in [2.75, 3.05) is 18.4 Å². The summed E-state index contributed by atoms with van der Waals surface area (Å²) in [4.78, 5) is 25.4. The first-order valence-corrected chi connectivity index (χ1v) is 8.89. The monoisotopic (exact) mass is 364 g/mol. The third-order valence-corrected chi connectivity index (χ3v) is 4.10. The molecule has 3 rings (SSSR count). The van der Waals surface area contributed by atoms with Gasteiger partial charge >= 0.3 is 0 Å². The normalized spacial score (nSPS) is 10.7. The van der Waals surface area contributed by atoms with Crippen LogP contribution in [-0.2, 0) is 0 Å². The summed E-state index contributed by atoms with van der Waals surface area (Å²) in [5, 5.41) is 6.17. The average Bonchev–Trinajstić information content (AvgIpc) is 3.03. The minimum absolute atomic E-state index is 0.0720. The zero-order valence-corrected chi connectivity index (χ0v) is 16.1. The van der Waals surface area contributed by atoms with E-state index in [1.807, 2.05) is 56.7 Å². The Morgan fingerprint density at radius 3 is 2.41 bits per heavy atom. The van der Waals surface area contributed by atoms with Crippen LogP contribution in [0.15, 0.2) is 36.7 Å². The van der Waals surface area contributed by atoms with Crippen molar-refractivity contribution >= 4 is 11.7 Å². The molecule has 0 radical (unpaired) electrons. The first kappa shape index (κ1) is 18.6. The van der Waals surface area contributed by atoms with Gasteiger partial charge in [-0.15, -0.1) is 0 Å². The molecule has 1 aromatic carbocycles. The van der Waals surface area contributed by atoms with E-state index in [0.29, 0.717) is 30.3 Å². The highest BCUT2D eigenvalue weighted by molar-refractivity contribution is 5.94. The molecule has 7 nitrogen and oxygen atoms in total. The van der Waals surface area contributed by atoms with Crippen molar-refractivity contribution in [2.24, 2.45) is 0 Å². The first-order chi connectivity index (χ1) is 12.9. The van der Waals surface area contributed by atoms with Gasteiger partial charge in [0.1, 0.15) is 23.3 Å². The Hall–Kier alpha value is -3.22. The second kappa shape index (κ2) is 7.99. The van der Waals surface area contributed by atoms with Gasteiger partial charge in [0, 0.05) is 37.1 Å². The lowest BCUT2D eigenvalue weighted by atomic mass is 10.1. The first-order valence-electron chi connectivity index (χ1n) is 8.89. The summed E-state index contributed by atoms with van der Waals surface area (Å²) in [5.41, 5.74) is 2.84. The predicted octanol–water partition coefficient (Wildman–Crippen LogP) is 2.74. The largest absolute Gasteiger partial charge is 0.368 e. The van der Waals surface area contributed by atoms with Gasteiger partial charge in [-0.1, -0.05) is 17.2 Å². The van der Waals surface area contributed by atoms with E-state index in [4.69, 9.17) is 0 Å². The van der Waals surface area contributed by atoms with E-state index < -0.39 is 0 Å². The molecule has 0 aliphatic carbocycles. The number of imidazole rings is 1. The summed E-state index contributed by atoms with van der Waals surface area (Å²) >= 11 is 0. The minimum atomic E-state index is -0.0720. The van der Waals surface area contributed by atoms with Crippen molar-refractivity contribution in [2.45, 2.75) is 27.7 Å². The number of aryl methyl sites for hydroxylation is 4. The number of nitrogens with zero attached hydrogens (tertiary/aromatic N) is 4. The Bertz CT molecular complexity index is 943. The highest BCUT2D eigenvalue weighted by atomic mass is 16.1. The van der Waals surface area contributed by atoms with Gasteiger partial charge in [-0.25, -0.2) is 15.0 Å². The quantitative estimate of drug-likeness (QED) is 0.657. The fourth-order valence-electron chi connectivity index (χ4n) is 2.96. The van der Waals surface area contributed by atoms with Gasteiger partial charge in [-0.05, 0) is 39.8 Å². The van der Waals surface area contributed by atoms with E-state index in [1.165, 1.54) is 0 Å². The Morgan fingerprint density at radius 1 is 1.00 bits per heavy atom. The lowest BCUT2D eigenvalue weighted by molar-refractivity contribution is 0.0955. The van der Waals surface area contributed by atoms with Gasteiger partial charge in [0.15, 0.2) is 0 Å². The van der Waals surface area contributed by atoms with E-state index in [9.17, 15) is 4.79 Å². The summed E-state index contributed by atoms with van der Waals surface area (Å²) < 4.78 is 1.90. The van der Waals surface area contributed by atoms with Crippen LogP contribution < -0.4 is 10.6 Å². The van der Waals surface area contributed by atoms with E-state index in [1.54, 1.807) is 6.20 Å².